The Bertz CT molecular complexity index is 682. The molecule has 0 saturated heterocycles. The van der Waals surface area contributed by atoms with E-state index < -0.39 is 16.5 Å². The Labute approximate surface area is 119 Å². The number of H-pyrrole nitrogens is 1. The second-order valence-corrected chi connectivity index (χ2v) is 3.91. The number of hydrogen-bond donors (Lipinski definition) is 2. The average Bonchev–Trinajstić information content (AvgIpc) is 2.96. The van der Waals surface area contributed by atoms with E-state index in [0.717, 1.165) is 6.20 Å². The van der Waals surface area contributed by atoms with E-state index in [4.69, 9.17) is 9.47 Å². The van der Waals surface area contributed by atoms with E-state index in [2.05, 4.69) is 15.5 Å². The van der Waals surface area contributed by atoms with Crippen molar-refractivity contribution in [2.45, 2.75) is 0 Å². The lowest BCUT2D eigenvalue weighted by Gasteiger charge is -2.10. The van der Waals surface area contributed by atoms with Gasteiger partial charge in [0.2, 0.25) is 5.69 Å². The van der Waals surface area contributed by atoms with E-state index in [0.29, 0.717) is 17.2 Å². The Morgan fingerprint density at radius 1 is 1.33 bits per heavy atom. The number of carbonyl (C=O) groups is 1. The molecule has 2 N–H and O–H groups in total. The van der Waals surface area contributed by atoms with Gasteiger partial charge in [-0.1, -0.05) is 0 Å². The predicted octanol–water partition coefficient (Wildman–Crippen LogP) is 1.59. The van der Waals surface area contributed by atoms with Crippen LogP contribution in [0.25, 0.3) is 0 Å². The SMILES string of the molecule is COc1ccc(NC(=O)c2[nH]ncc2[N+](=O)[O-])cc1OC. The van der Waals surface area contributed by atoms with Gasteiger partial charge in [-0.25, -0.2) is 0 Å². The number of aromatic amines is 1. The summed E-state index contributed by atoms with van der Waals surface area (Å²) in [6.45, 7) is 0. The summed E-state index contributed by atoms with van der Waals surface area (Å²) in [5, 5.41) is 19.1. The quantitative estimate of drug-likeness (QED) is 0.638. The van der Waals surface area contributed by atoms with Gasteiger partial charge >= 0.3 is 5.69 Å². The van der Waals surface area contributed by atoms with Gasteiger partial charge in [-0.3, -0.25) is 20.0 Å². The molecule has 0 bridgehead atoms. The minimum absolute atomic E-state index is 0.227. The van der Waals surface area contributed by atoms with Crippen LogP contribution in [0, 0.1) is 10.1 Å². The molecular weight excluding hydrogens is 280 g/mol. The number of hydrogen-bond acceptors (Lipinski definition) is 6. The summed E-state index contributed by atoms with van der Waals surface area (Å²) in [6.07, 6.45) is 0.976. The summed E-state index contributed by atoms with van der Waals surface area (Å²) in [5.74, 6) is 0.254. The number of nitrogens with one attached hydrogen (secondary N) is 2. The van der Waals surface area contributed by atoms with Crippen molar-refractivity contribution in [3.05, 3.63) is 40.2 Å². The van der Waals surface area contributed by atoms with E-state index in [1.807, 2.05) is 0 Å². The smallest absolute Gasteiger partial charge is 0.319 e. The van der Waals surface area contributed by atoms with E-state index in [-0.39, 0.29) is 5.69 Å². The zero-order valence-electron chi connectivity index (χ0n) is 11.2. The van der Waals surface area contributed by atoms with Gasteiger partial charge < -0.3 is 14.8 Å². The van der Waals surface area contributed by atoms with Crippen molar-refractivity contribution in [2.75, 3.05) is 19.5 Å². The van der Waals surface area contributed by atoms with E-state index >= 15 is 0 Å². The topological polar surface area (TPSA) is 119 Å². The van der Waals surface area contributed by atoms with Crippen LogP contribution in [-0.2, 0) is 0 Å². The maximum Gasteiger partial charge on any atom is 0.319 e. The first kappa shape index (κ1) is 14.3. The predicted molar refractivity (Wildman–Crippen MR) is 72.7 cm³/mol. The van der Waals surface area contributed by atoms with Gasteiger partial charge in [-0.2, -0.15) is 5.10 Å². The fourth-order valence-corrected chi connectivity index (χ4v) is 1.69. The van der Waals surface area contributed by atoms with Gasteiger partial charge in [0.15, 0.2) is 11.5 Å². The largest absolute Gasteiger partial charge is 0.493 e. The molecule has 110 valence electrons. The fourth-order valence-electron chi connectivity index (χ4n) is 1.69. The minimum Gasteiger partial charge on any atom is -0.493 e. The highest BCUT2D eigenvalue weighted by molar-refractivity contribution is 6.05. The Hall–Kier alpha value is -3.10. The van der Waals surface area contributed by atoms with Crippen molar-refractivity contribution in [1.82, 2.24) is 10.2 Å². The molecule has 1 aromatic heterocycles. The summed E-state index contributed by atoms with van der Waals surface area (Å²) >= 11 is 0. The molecule has 0 aliphatic carbocycles. The van der Waals surface area contributed by atoms with Gasteiger partial charge in [0.25, 0.3) is 5.91 Å². The normalized spacial score (nSPS) is 10.0. The third kappa shape index (κ3) is 2.91. The summed E-state index contributed by atoms with van der Waals surface area (Å²) < 4.78 is 10.2. The molecule has 0 spiro atoms. The Morgan fingerprint density at radius 3 is 2.67 bits per heavy atom. The van der Waals surface area contributed by atoms with Crippen molar-refractivity contribution >= 4 is 17.3 Å². The van der Waals surface area contributed by atoms with Gasteiger partial charge in [-0.15, -0.1) is 0 Å². The van der Waals surface area contributed by atoms with Crippen molar-refractivity contribution in [3.63, 3.8) is 0 Å². The van der Waals surface area contributed by atoms with Crippen LogP contribution in [0.4, 0.5) is 11.4 Å². The van der Waals surface area contributed by atoms with Gasteiger partial charge in [-0.05, 0) is 12.1 Å². The molecule has 0 fully saturated rings. The van der Waals surface area contributed by atoms with Crippen molar-refractivity contribution < 1.29 is 19.2 Å². The number of rotatable bonds is 5. The van der Waals surface area contributed by atoms with Crippen molar-refractivity contribution in [2.24, 2.45) is 0 Å². The Kier molecular flexibility index (Phi) is 4.02. The number of ether oxygens (including phenoxy) is 2. The van der Waals surface area contributed by atoms with Crippen LogP contribution >= 0.6 is 0 Å². The van der Waals surface area contributed by atoms with E-state index in [9.17, 15) is 14.9 Å². The zero-order valence-corrected chi connectivity index (χ0v) is 11.2. The number of anilines is 1. The highest BCUT2D eigenvalue weighted by atomic mass is 16.6. The maximum absolute atomic E-state index is 12.0. The van der Waals surface area contributed by atoms with Crippen LogP contribution < -0.4 is 14.8 Å². The standard InChI is InChI=1S/C12H12N4O5/c1-20-9-4-3-7(5-10(9)21-2)14-12(17)11-8(16(18)19)6-13-15-11/h3-6H,1-2H3,(H,13,15)(H,14,17). The molecule has 1 amide bonds. The monoisotopic (exact) mass is 292 g/mol. The molecule has 21 heavy (non-hydrogen) atoms. The molecule has 2 aromatic rings. The first-order chi connectivity index (χ1) is 10.1. The maximum atomic E-state index is 12.0. The van der Waals surface area contributed by atoms with E-state index in [1.54, 1.807) is 18.2 Å². The molecule has 0 aliphatic rings. The third-order valence-corrected chi connectivity index (χ3v) is 2.68. The molecule has 9 heteroatoms. The summed E-state index contributed by atoms with van der Waals surface area (Å²) in [4.78, 5) is 22.1. The zero-order chi connectivity index (χ0) is 15.4. The van der Waals surface area contributed by atoms with Crippen molar-refractivity contribution in [1.29, 1.82) is 0 Å². The number of methoxy groups -OCH3 is 2. The number of benzene rings is 1. The molecule has 2 rings (SSSR count). The molecule has 0 radical (unpaired) electrons. The second-order valence-electron chi connectivity index (χ2n) is 3.91. The number of carbonyl (C=O) groups excluding carboxylic acids is 1. The van der Waals surface area contributed by atoms with Crippen LogP contribution in [0.2, 0.25) is 0 Å². The number of amides is 1. The third-order valence-electron chi connectivity index (χ3n) is 2.68. The number of nitro groups is 1. The first-order valence-electron chi connectivity index (χ1n) is 5.78. The molecule has 0 unspecified atom stereocenters. The summed E-state index contributed by atoms with van der Waals surface area (Å²) in [7, 11) is 2.95. The second kappa shape index (κ2) is 5.90. The van der Waals surface area contributed by atoms with Gasteiger partial charge in [0, 0.05) is 11.8 Å². The van der Waals surface area contributed by atoms with Crippen LogP contribution in [-0.4, -0.2) is 35.2 Å². The molecule has 0 aliphatic heterocycles. The lowest BCUT2D eigenvalue weighted by atomic mass is 10.2. The Balaban J connectivity index is 2.23. The van der Waals surface area contributed by atoms with Crippen molar-refractivity contribution in [3.8, 4) is 11.5 Å². The van der Waals surface area contributed by atoms with Gasteiger partial charge in [0.05, 0.1) is 19.1 Å². The highest BCUT2D eigenvalue weighted by Gasteiger charge is 2.23. The lowest BCUT2D eigenvalue weighted by Crippen LogP contribution is -2.14. The van der Waals surface area contributed by atoms with E-state index in [1.165, 1.54) is 14.2 Å². The Morgan fingerprint density at radius 2 is 2.05 bits per heavy atom. The lowest BCUT2D eigenvalue weighted by molar-refractivity contribution is -0.385. The average molecular weight is 292 g/mol. The highest BCUT2D eigenvalue weighted by Crippen LogP contribution is 2.30. The molecule has 1 heterocycles. The molecular formula is C12H12N4O5. The minimum atomic E-state index is -0.687. The van der Waals surface area contributed by atoms with Crippen LogP contribution in [0.5, 0.6) is 11.5 Å². The molecule has 9 nitrogen and oxygen atoms in total. The summed E-state index contributed by atoms with van der Waals surface area (Å²) in [6, 6.07) is 4.73. The number of nitrogens with zero attached hydrogens (tertiary/aromatic N) is 2. The van der Waals surface area contributed by atoms with Crippen LogP contribution in [0.1, 0.15) is 10.5 Å². The molecule has 1 aromatic carbocycles. The summed E-state index contributed by atoms with van der Waals surface area (Å²) in [5.41, 5.74) is -0.218. The van der Waals surface area contributed by atoms with Crippen LogP contribution in [0.3, 0.4) is 0 Å². The first-order valence-corrected chi connectivity index (χ1v) is 5.78. The fraction of sp³-hybridized carbons (Fsp3) is 0.167. The molecule has 0 atom stereocenters. The van der Waals surface area contributed by atoms with Crippen LogP contribution in [0.15, 0.2) is 24.4 Å². The number of aromatic nitrogens is 2. The van der Waals surface area contributed by atoms with Gasteiger partial charge in [0.1, 0.15) is 6.20 Å². The molecule has 0 saturated carbocycles.